The minimum absolute atomic E-state index is 0.101. The third kappa shape index (κ3) is 4.32. The molecule has 0 radical (unpaired) electrons. The lowest BCUT2D eigenvalue weighted by Crippen LogP contribution is -2.38. The normalized spacial score (nSPS) is 17.0. The third-order valence-electron chi connectivity index (χ3n) is 7.13. The van der Waals surface area contributed by atoms with E-state index in [1.165, 1.54) is 18.4 Å². The molecule has 7 heteroatoms. The van der Waals surface area contributed by atoms with Crippen molar-refractivity contribution in [2.75, 3.05) is 36.8 Å². The van der Waals surface area contributed by atoms with Crippen LogP contribution in [0.4, 0.5) is 11.6 Å². The largest absolute Gasteiger partial charge is 0.399 e. The standard InChI is InChI=1S/C26H32N6O/c1-17-15-18(2)23(16-22(17)24-28-26(30-29-24)32-11-3-4-12-32)25(33)31-13-9-20(10-14-31)19-5-7-21(27)8-6-19/h5-8,15-16,20H,3-4,9-14,27H2,1-2H3,(H,28,29,30). The Morgan fingerprint density at radius 3 is 2.36 bits per heavy atom. The fraction of sp³-hybridized carbons (Fsp3) is 0.423. The van der Waals surface area contributed by atoms with Gasteiger partial charge in [-0.3, -0.25) is 4.79 Å². The van der Waals surface area contributed by atoms with Crippen LogP contribution in [0.5, 0.6) is 0 Å². The van der Waals surface area contributed by atoms with E-state index in [2.05, 4.69) is 45.2 Å². The molecule has 2 fully saturated rings. The number of likely N-dealkylation sites (tertiary alicyclic amines) is 1. The number of hydrogen-bond acceptors (Lipinski definition) is 5. The second-order valence-corrected chi connectivity index (χ2v) is 9.41. The fourth-order valence-corrected chi connectivity index (χ4v) is 5.14. The number of hydrogen-bond donors (Lipinski definition) is 2. The summed E-state index contributed by atoms with van der Waals surface area (Å²) in [5, 5.41) is 8.77. The summed E-state index contributed by atoms with van der Waals surface area (Å²) in [4.78, 5) is 21.1. The summed E-state index contributed by atoms with van der Waals surface area (Å²) in [6, 6.07) is 12.2. The number of anilines is 2. The van der Waals surface area contributed by atoms with Gasteiger partial charge in [0.1, 0.15) is 0 Å². The van der Waals surface area contributed by atoms with Crippen molar-refractivity contribution in [3.63, 3.8) is 0 Å². The number of nitrogens with one attached hydrogen (secondary N) is 1. The topological polar surface area (TPSA) is 91.1 Å². The van der Waals surface area contributed by atoms with Crippen molar-refractivity contribution >= 4 is 17.5 Å². The van der Waals surface area contributed by atoms with E-state index in [0.29, 0.717) is 5.92 Å². The zero-order valence-electron chi connectivity index (χ0n) is 19.5. The molecule has 172 valence electrons. The lowest BCUT2D eigenvalue weighted by molar-refractivity contribution is 0.0712. The molecule has 7 nitrogen and oxygen atoms in total. The van der Waals surface area contributed by atoms with Gasteiger partial charge in [-0.2, -0.15) is 0 Å². The van der Waals surface area contributed by atoms with Crippen molar-refractivity contribution in [2.45, 2.75) is 45.4 Å². The van der Waals surface area contributed by atoms with E-state index >= 15 is 0 Å². The van der Waals surface area contributed by atoms with Gasteiger partial charge in [0.2, 0.25) is 5.95 Å². The highest BCUT2D eigenvalue weighted by Crippen LogP contribution is 2.31. The molecule has 1 amide bonds. The molecule has 2 aliphatic rings. The van der Waals surface area contributed by atoms with Gasteiger partial charge in [0, 0.05) is 43.0 Å². The van der Waals surface area contributed by atoms with Crippen LogP contribution in [0, 0.1) is 13.8 Å². The van der Waals surface area contributed by atoms with E-state index in [0.717, 1.165) is 78.7 Å². The number of aromatic amines is 1. The molecule has 0 atom stereocenters. The number of nitrogen functional groups attached to an aromatic ring is 1. The minimum Gasteiger partial charge on any atom is -0.399 e. The number of aromatic nitrogens is 3. The second kappa shape index (κ2) is 8.89. The lowest BCUT2D eigenvalue weighted by atomic mass is 9.89. The first-order chi connectivity index (χ1) is 16.0. The quantitative estimate of drug-likeness (QED) is 0.586. The van der Waals surface area contributed by atoms with Crippen molar-refractivity contribution in [1.29, 1.82) is 0 Å². The Labute approximate surface area is 195 Å². The van der Waals surface area contributed by atoms with Gasteiger partial charge in [-0.05, 0) is 80.3 Å². The first-order valence-corrected chi connectivity index (χ1v) is 11.9. The Morgan fingerprint density at radius 1 is 0.970 bits per heavy atom. The molecule has 33 heavy (non-hydrogen) atoms. The van der Waals surface area contributed by atoms with E-state index in [4.69, 9.17) is 5.73 Å². The number of carbonyl (C=O) groups is 1. The highest BCUT2D eigenvalue weighted by atomic mass is 16.2. The Kier molecular flexibility index (Phi) is 5.79. The van der Waals surface area contributed by atoms with Crippen LogP contribution in [0.15, 0.2) is 36.4 Å². The van der Waals surface area contributed by atoms with Crippen molar-refractivity contribution in [3.8, 4) is 11.4 Å². The molecule has 5 rings (SSSR count). The number of carbonyl (C=O) groups excluding carboxylic acids is 1. The number of piperidine rings is 1. The first kappa shape index (κ1) is 21.5. The molecule has 0 aliphatic carbocycles. The number of nitrogens with zero attached hydrogens (tertiary/aromatic N) is 4. The highest BCUT2D eigenvalue weighted by Gasteiger charge is 2.26. The average molecular weight is 445 g/mol. The van der Waals surface area contributed by atoms with Gasteiger partial charge in [-0.15, -0.1) is 10.2 Å². The molecule has 1 aromatic heterocycles. The summed E-state index contributed by atoms with van der Waals surface area (Å²) < 4.78 is 0. The summed E-state index contributed by atoms with van der Waals surface area (Å²) in [7, 11) is 0. The molecule has 0 spiro atoms. The summed E-state index contributed by atoms with van der Waals surface area (Å²) in [6.07, 6.45) is 4.31. The lowest BCUT2D eigenvalue weighted by Gasteiger charge is -2.32. The molecule has 3 heterocycles. The molecule has 3 aromatic rings. The van der Waals surface area contributed by atoms with E-state index in [-0.39, 0.29) is 5.91 Å². The average Bonchev–Trinajstić information content (AvgIpc) is 3.52. The monoisotopic (exact) mass is 444 g/mol. The summed E-state index contributed by atoms with van der Waals surface area (Å²) in [5.41, 5.74) is 11.7. The van der Waals surface area contributed by atoms with Crippen LogP contribution in [0.2, 0.25) is 0 Å². The Morgan fingerprint density at radius 2 is 1.67 bits per heavy atom. The SMILES string of the molecule is Cc1cc(C)c(-c2nnc(N3CCCC3)[nH]2)cc1C(=O)N1CCC(c2ccc(N)cc2)CC1. The maximum atomic E-state index is 13.5. The fourth-order valence-electron chi connectivity index (χ4n) is 5.14. The van der Waals surface area contributed by atoms with Crippen LogP contribution < -0.4 is 10.6 Å². The number of aryl methyl sites for hydroxylation is 2. The number of H-pyrrole nitrogens is 1. The molecule has 0 saturated carbocycles. The van der Waals surface area contributed by atoms with Crippen LogP contribution in [0.3, 0.4) is 0 Å². The number of nitrogens with two attached hydrogens (primary N) is 1. The van der Waals surface area contributed by atoms with Gasteiger partial charge < -0.3 is 20.5 Å². The van der Waals surface area contributed by atoms with Crippen molar-refractivity contribution in [2.24, 2.45) is 0 Å². The maximum absolute atomic E-state index is 13.5. The number of rotatable bonds is 4. The number of amides is 1. The van der Waals surface area contributed by atoms with Gasteiger partial charge in [0.05, 0.1) is 0 Å². The second-order valence-electron chi connectivity index (χ2n) is 9.41. The van der Waals surface area contributed by atoms with Crippen molar-refractivity contribution < 1.29 is 4.79 Å². The third-order valence-corrected chi connectivity index (χ3v) is 7.13. The molecule has 2 saturated heterocycles. The summed E-state index contributed by atoms with van der Waals surface area (Å²) in [5.74, 6) is 2.12. The Bertz CT molecular complexity index is 1140. The highest BCUT2D eigenvalue weighted by molar-refractivity contribution is 5.97. The first-order valence-electron chi connectivity index (χ1n) is 11.9. The maximum Gasteiger partial charge on any atom is 0.254 e. The Hall–Kier alpha value is -3.35. The summed E-state index contributed by atoms with van der Waals surface area (Å²) >= 11 is 0. The molecular weight excluding hydrogens is 412 g/mol. The molecule has 2 aliphatic heterocycles. The smallest absolute Gasteiger partial charge is 0.254 e. The van der Waals surface area contributed by atoms with Gasteiger partial charge >= 0.3 is 0 Å². The molecular formula is C26H32N6O. The van der Waals surface area contributed by atoms with Gasteiger partial charge in [0.25, 0.3) is 5.91 Å². The van der Waals surface area contributed by atoms with Gasteiger partial charge in [-0.25, -0.2) is 0 Å². The van der Waals surface area contributed by atoms with Crippen LogP contribution in [-0.2, 0) is 0 Å². The van der Waals surface area contributed by atoms with E-state index in [1.54, 1.807) is 0 Å². The minimum atomic E-state index is 0.101. The molecule has 0 unspecified atom stereocenters. The predicted molar refractivity (Wildman–Crippen MR) is 131 cm³/mol. The van der Waals surface area contributed by atoms with Crippen LogP contribution in [-0.4, -0.2) is 52.2 Å². The number of benzene rings is 2. The molecule has 3 N–H and O–H groups in total. The van der Waals surface area contributed by atoms with Gasteiger partial charge in [0.15, 0.2) is 5.82 Å². The zero-order chi connectivity index (χ0) is 22.9. The zero-order valence-corrected chi connectivity index (χ0v) is 19.5. The van der Waals surface area contributed by atoms with Crippen molar-refractivity contribution in [1.82, 2.24) is 20.1 Å². The van der Waals surface area contributed by atoms with Crippen molar-refractivity contribution in [3.05, 3.63) is 58.7 Å². The van der Waals surface area contributed by atoms with Crippen LogP contribution in [0.25, 0.3) is 11.4 Å². The van der Waals surface area contributed by atoms with E-state index in [9.17, 15) is 4.79 Å². The van der Waals surface area contributed by atoms with Crippen LogP contribution in [0.1, 0.15) is 58.6 Å². The van der Waals surface area contributed by atoms with Gasteiger partial charge in [-0.1, -0.05) is 18.2 Å². The molecule has 0 bridgehead atoms. The van der Waals surface area contributed by atoms with E-state index in [1.807, 2.05) is 30.0 Å². The van der Waals surface area contributed by atoms with E-state index < -0.39 is 0 Å². The molecule has 2 aromatic carbocycles. The predicted octanol–water partition coefficient (Wildman–Crippen LogP) is 4.29. The Balaban J connectivity index is 1.33. The van der Waals surface area contributed by atoms with Crippen LogP contribution >= 0.6 is 0 Å². The summed E-state index contributed by atoms with van der Waals surface area (Å²) in [6.45, 7) is 7.62.